The number of nitrogens with zero attached hydrogens (tertiary/aromatic N) is 5. The van der Waals surface area contributed by atoms with E-state index < -0.39 is 0 Å². The van der Waals surface area contributed by atoms with Crippen LogP contribution in [0, 0.1) is 0 Å². The van der Waals surface area contributed by atoms with Gasteiger partial charge in [-0.2, -0.15) is 0 Å². The summed E-state index contributed by atoms with van der Waals surface area (Å²) in [5.41, 5.74) is 9.91. The normalized spacial score (nSPS) is 12.3. The van der Waals surface area contributed by atoms with Crippen LogP contribution in [-0.2, 0) is 0 Å². The predicted octanol–water partition coefficient (Wildman–Crippen LogP) is 12.9. The van der Waals surface area contributed by atoms with Crippen molar-refractivity contribution in [2.45, 2.75) is 0 Å². The van der Waals surface area contributed by atoms with Crippen LogP contribution in [0.5, 0.6) is 0 Å². The summed E-state index contributed by atoms with van der Waals surface area (Å²) in [7, 11) is 0. The molecule has 0 N–H and O–H groups in total. The van der Waals surface area contributed by atoms with Gasteiger partial charge in [0.05, 0.1) is 33.1 Å². The molecule has 0 radical (unpaired) electrons. The van der Waals surface area contributed by atoms with Crippen LogP contribution in [0.4, 0.5) is 0 Å². The minimum atomic E-state index is 0.647. The van der Waals surface area contributed by atoms with Crippen molar-refractivity contribution in [1.29, 1.82) is 0 Å². The second kappa shape index (κ2) is 11.0. The van der Waals surface area contributed by atoms with E-state index in [1.807, 2.05) is 36.4 Å². The Morgan fingerprint density at radius 1 is 0.304 bits per heavy atom. The third-order valence-electron chi connectivity index (χ3n) is 11.8. The number of benzene rings is 9. The lowest BCUT2D eigenvalue weighted by Gasteiger charge is -2.14. The highest BCUT2D eigenvalue weighted by Crippen LogP contribution is 2.46. The molecule has 9 aromatic carbocycles. The maximum absolute atomic E-state index is 5.24. The van der Waals surface area contributed by atoms with Crippen LogP contribution >= 0.6 is 0 Å². The topological polar surface area (TPSA) is 47.5 Å². The minimum Gasteiger partial charge on any atom is -0.307 e. The molecule has 4 aromatic heterocycles. The number of aromatic nitrogens is 5. The molecule has 0 amide bonds. The first-order valence-corrected chi connectivity index (χ1v) is 19.0. The molecule has 13 rings (SSSR count). The average molecular weight is 712 g/mol. The number of para-hydroxylation sites is 1. The summed E-state index contributed by atoms with van der Waals surface area (Å²) in [6, 6.07) is 63.1. The number of fused-ring (bicyclic) bond motifs is 10. The molecule has 0 fully saturated rings. The Morgan fingerprint density at radius 3 is 1.62 bits per heavy atom. The Hall–Kier alpha value is -7.63. The zero-order chi connectivity index (χ0) is 36.5. The number of rotatable bonds is 3. The van der Waals surface area contributed by atoms with Crippen molar-refractivity contribution < 1.29 is 0 Å². The molecule has 0 bridgehead atoms. The van der Waals surface area contributed by atoms with Gasteiger partial charge in [-0.3, -0.25) is 0 Å². The molecule has 0 unspecified atom stereocenters. The van der Waals surface area contributed by atoms with Crippen LogP contribution in [0.1, 0.15) is 0 Å². The molecule has 0 spiro atoms. The predicted molar refractivity (Wildman–Crippen MR) is 232 cm³/mol. The van der Waals surface area contributed by atoms with Gasteiger partial charge >= 0.3 is 0 Å². The summed E-state index contributed by atoms with van der Waals surface area (Å²) < 4.78 is 5.06. The third kappa shape index (κ3) is 3.90. The molecule has 0 aliphatic rings. The molecule has 5 nitrogen and oxygen atoms in total. The second-order valence-corrected chi connectivity index (χ2v) is 14.8. The first-order chi connectivity index (χ1) is 27.8. The van der Waals surface area contributed by atoms with Gasteiger partial charge in [-0.1, -0.05) is 152 Å². The molecule has 0 atom stereocenters. The van der Waals surface area contributed by atoms with E-state index in [2.05, 4.69) is 148 Å². The van der Waals surface area contributed by atoms with Gasteiger partial charge in [0.1, 0.15) is 0 Å². The Balaban J connectivity index is 1.30. The Labute approximate surface area is 319 Å². The molecular weight excluding hydrogens is 683 g/mol. The molecule has 0 aliphatic heterocycles. The highest BCUT2D eigenvalue weighted by molar-refractivity contribution is 6.33. The van der Waals surface area contributed by atoms with E-state index in [1.165, 1.54) is 70.5 Å². The van der Waals surface area contributed by atoms with Gasteiger partial charge in [0.15, 0.2) is 17.5 Å². The molecule has 4 heterocycles. The van der Waals surface area contributed by atoms with Crippen molar-refractivity contribution in [3.8, 4) is 34.2 Å². The lowest BCUT2D eigenvalue weighted by atomic mass is 9.97. The van der Waals surface area contributed by atoms with Gasteiger partial charge in [0, 0.05) is 49.0 Å². The zero-order valence-electron chi connectivity index (χ0n) is 30.0. The van der Waals surface area contributed by atoms with Crippen LogP contribution in [-0.4, -0.2) is 23.8 Å². The largest absolute Gasteiger partial charge is 0.307 e. The molecule has 5 heteroatoms. The lowest BCUT2D eigenvalue weighted by Crippen LogP contribution is -2.00. The summed E-state index contributed by atoms with van der Waals surface area (Å²) in [6.07, 6.45) is 0. The van der Waals surface area contributed by atoms with E-state index in [4.69, 9.17) is 15.0 Å². The van der Waals surface area contributed by atoms with Gasteiger partial charge in [-0.05, 0) is 45.8 Å². The fraction of sp³-hybridized carbons (Fsp3) is 0. The van der Waals surface area contributed by atoms with Crippen molar-refractivity contribution in [1.82, 2.24) is 23.8 Å². The summed E-state index contributed by atoms with van der Waals surface area (Å²) in [5, 5.41) is 12.2. The van der Waals surface area contributed by atoms with Crippen LogP contribution in [0.25, 0.3) is 121 Å². The monoisotopic (exact) mass is 711 g/mol. The van der Waals surface area contributed by atoms with Crippen molar-refractivity contribution in [2.24, 2.45) is 0 Å². The summed E-state index contributed by atoms with van der Waals surface area (Å²) >= 11 is 0. The highest BCUT2D eigenvalue weighted by Gasteiger charge is 2.24. The van der Waals surface area contributed by atoms with Crippen molar-refractivity contribution in [3.63, 3.8) is 0 Å². The minimum absolute atomic E-state index is 0.647. The maximum atomic E-state index is 5.24. The van der Waals surface area contributed by atoms with E-state index in [-0.39, 0.29) is 0 Å². The van der Waals surface area contributed by atoms with Crippen molar-refractivity contribution in [2.75, 3.05) is 0 Å². The summed E-state index contributed by atoms with van der Waals surface area (Å²) in [4.78, 5) is 15.5. The maximum Gasteiger partial charge on any atom is 0.164 e. The van der Waals surface area contributed by atoms with E-state index >= 15 is 0 Å². The lowest BCUT2D eigenvalue weighted by molar-refractivity contribution is 1.08. The fourth-order valence-electron chi connectivity index (χ4n) is 9.51. The molecular formula is C51H29N5. The summed E-state index contributed by atoms with van der Waals surface area (Å²) in [5.74, 6) is 1.94. The standard InChI is InChI=1S/C51H29N5/c1-3-13-32(14-4-1)49-52-50(33-15-5-2-6-16-33)54-51(53-49)38-21-12-24-41-45(38)37-28-27-31-26-25-30-18-11-23-40-43(30)44(31)47(37)56(41)42-29-34-17-7-8-19-35(34)46-36-20-9-10-22-39(36)55(40)48(42)46/h1-29H. The fourth-order valence-corrected chi connectivity index (χ4v) is 9.51. The van der Waals surface area contributed by atoms with E-state index in [0.29, 0.717) is 17.5 Å². The van der Waals surface area contributed by atoms with E-state index in [0.717, 1.165) is 33.1 Å². The molecule has 0 saturated carbocycles. The van der Waals surface area contributed by atoms with Gasteiger partial charge in [-0.15, -0.1) is 0 Å². The first kappa shape index (κ1) is 29.8. The van der Waals surface area contributed by atoms with Crippen molar-refractivity contribution >= 4 is 87.0 Å². The Bertz CT molecular complexity index is 3690. The Morgan fingerprint density at radius 2 is 0.857 bits per heavy atom. The van der Waals surface area contributed by atoms with Crippen LogP contribution < -0.4 is 0 Å². The first-order valence-electron chi connectivity index (χ1n) is 19.0. The van der Waals surface area contributed by atoms with E-state index in [9.17, 15) is 0 Å². The molecule has 0 saturated heterocycles. The smallest absolute Gasteiger partial charge is 0.164 e. The van der Waals surface area contributed by atoms with Crippen molar-refractivity contribution in [3.05, 3.63) is 176 Å². The van der Waals surface area contributed by atoms with Gasteiger partial charge < -0.3 is 8.80 Å². The van der Waals surface area contributed by atoms with Gasteiger partial charge in [0.2, 0.25) is 0 Å². The number of hydrogen-bond acceptors (Lipinski definition) is 3. The average Bonchev–Trinajstić information content (AvgIpc) is 3.79. The van der Waals surface area contributed by atoms with Crippen LogP contribution in [0.3, 0.4) is 0 Å². The molecule has 56 heavy (non-hydrogen) atoms. The zero-order valence-corrected chi connectivity index (χ0v) is 30.0. The third-order valence-corrected chi connectivity index (χ3v) is 11.8. The number of hydrogen-bond donors (Lipinski definition) is 0. The molecule has 13 aromatic rings. The Kier molecular flexibility index (Phi) is 5.83. The SMILES string of the molecule is c1ccc(-c2nc(-c3ccccc3)nc(-c3cccc4c3c3ccc5ccc6cccc7c6c5c3n4c3cc4ccccc4c4c5ccccc5n7c43)n2)cc1. The van der Waals surface area contributed by atoms with Gasteiger partial charge in [0.25, 0.3) is 0 Å². The highest BCUT2D eigenvalue weighted by atomic mass is 15.0. The van der Waals surface area contributed by atoms with Crippen LogP contribution in [0.2, 0.25) is 0 Å². The molecule has 258 valence electrons. The summed E-state index contributed by atoms with van der Waals surface area (Å²) in [6.45, 7) is 0. The van der Waals surface area contributed by atoms with Gasteiger partial charge in [-0.25, -0.2) is 15.0 Å². The quantitative estimate of drug-likeness (QED) is 0.171. The molecule has 0 aliphatic carbocycles. The second-order valence-electron chi connectivity index (χ2n) is 14.8. The van der Waals surface area contributed by atoms with Crippen LogP contribution in [0.15, 0.2) is 176 Å². The van der Waals surface area contributed by atoms with E-state index in [1.54, 1.807) is 0 Å².